The molecular formula is C24H23F6N3O3S. The van der Waals surface area contributed by atoms with Gasteiger partial charge in [-0.05, 0) is 43.0 Å². The molecule has 1 fully saturated rings. The molecule has 2 amide bonds. The van der Waals surface area contributed by atoms with Gasteiger partial charge in [-0.1, -0.05) is 23.9 Å². The molecule has 0 saturated carbocycles. The molecule has 0 bridgehead atoms. The van der Waals surface area contributed by atoms with Crippen molar-refractivity contribution in [1.29, 1.82) is 0 Å². The van der Waals surface area contributed by atoms with Crippen molar-refractivity contribution in [2.45, 2.75) is 22.1 Å². The van der Waals surface area contributed by atoms with Gasteiger partial charge >= 0.3 is 12.4 Å². The van der Waals surface area contributed by atoms with Crippen molar-refractivity contribution in [3.63, 3.8) is 0 Å². The van der Waals surface area contributed by atoms with Gasteiger partial charge in [0.2, 0.25) is 11.8 Å². The molecule has 200 valence electrons. The Kier molecular flexibility index (Phi) is 9.26. The Morgan fingerprint density at radius 3 is 2.32 bits per heavy atom. The predicted octanol–water partition coefficient (Wildman–Crippen LogP) is 4.91. The molecule has 0 atom stereocenters. The molecule has 1 saturated heterocycles. The normalized spacial score (nSPS) is 14.7. The van der Waals surface area contributed by atoms with E-state index in [1.165, 1.54) is 29.2 Å². The van der Waals surface area contributed by atoms with Crippen LogP contribution < -0.4 is 10.6 Å². The zero-order valence-electron chi connectivity index (χ0n) is 19.5. The lowest BCUT2D eigenvalue weighted by molar-refractivity contribution is -0.163. The number of alkyl halides is 6. The van der Waals surface area contributed by atoms with E-state index in [9.17, 15) is 35.9 Å². The van der Waals surface area contributed by atoms with Crippen LogP contribution in [0.3, 0.4) is 0 Å². The quantitative estimate of drug-likeness (QED) is 0.381. The van der Waals surface area contributed by atoms with Crippen molar-refractivity contribution in [3.8, 4) is 0 Å². The fraction of sp³-hybridized carbons (Fsp3) is 0.333. The topological polar surface area (TPSA) is 70.7 Å². The van der Waals surface area contributed by atoms with Crippen LogP contribution in [0, 0.1) is 0 Å². The molecule has 3 rings (SSSR count). The number of carbonyl (C=O) groups is 2. The summed E-state index contributed by atoms with van der Waals surface area (Å²) in [6.07, 6.45) is -9.11. The summed E-state index contributed by atoms with van der Waals surface area (Å²) in [5, 5.41) is 5.19. The van der Waals surface area contributed by atoms with E-state index in [-0.39, 0.29) is 43.4 Å². The van der Waals surface area contributed by atoms with E-state index < -0.39 is 45.8 Å². The number of likely N-dealkylation sites (N-methyl/N-ethyl adjacent to an activating group) is 1. The summed E-state index contributed by atoms with van der Waals surface area (Å²) in [5.74, 6) is -1.02. The second-order valence-corrected chi connectivity index (χ2v) is 8.99. The molecule has 0 aliphatic carbocycles. The molecule has 1 aliphatic rings. The standard InChI is InChI=1S/C24H23F6N3O3S/c1-31-14-19(34)32-16-3-2-4-17(13-16)37-18-7-5-15(6-8-20(35)33-9-11-36-12-10-33)21(23(25,26)27)22(18)24(28,29)30/h2-8,13,31H,9-12,14H2,1H3,(H,32,34)/b8-6+. The van der Waals surface area contributed by atoms with E-state index in [0.717, 1.165) is 24.3 Å². The van der Waals surface area contributed by atoms with Crippen molar-refractivity contribution < 1.29 is 40.7 Å². The highest BCUT2D eigenvalue weighted by atomic mass is 32.2. The van der Waals surface area contributed by atoms with E-state index in [1.54, 1.807) is 7.05 Å². The van der Waals surface area contributed by atoms with Gasteiger partial charge in [-0.25, -0.2) is 0 Å². The number of nitrogens with zero attached hydrogens (tertiary/aromatic N) is 1. The first kappa shape index (κ1) is 28.5. The first-order valence-electron chi connectivity index (χ1n) is 11.0. The summed E-state index contributed by atoms with van der Waals surface area (Å²) >= 11 is 0.482. The largest absolute Gasteiger partial charge is 0.418 e. The lowest BCUT2D eigenvalue weighted by atomic mass is 9.99. The van der Waals surface area contributed by atoms with Crippen LogP contribution in [0.1, 0.15) is 16.7 Å². The second-order valence-electron chi connectivity index (χ2n) is 7.88. The van der Waals surface area contributed by atoms with Gasteiger partial charge in [0, 0.05) is 34.6 Å². The Labute approximate surface area is 213 Å². The van der Waals surface area contributed by atoms with Crippen molar-refractivity contribution in [1.82, 2.24) is 10.2 Å². The van der Waals surface area contributed by atoms with Crippen LogP contribution in [-0.2, 0) is 26.7 Å². The third-order valence-corrected chi connectivity index (χ3v) is 6.23. The Bertz CT molecular complexity index is 1160. The van der Waals surface area contributed by atoms with E-state index in [2.05, 4.69) is 10.6 Å². The molecule has 1 heterocycles. The van der Waals surface area contributed by atoms with Crippen LogP contribution in [0.15, 0.2) is 52.3 Å². The molecule has 2 N–H and O–H groups in total. The SMILES string of the molecule is CNCC(=O)Nc1cccc(Sc2ccc(/C=C/C(=O)N3CCOCC3)c(C(F)(F)F)c2C(F)(F)F)c1. The van der Waals surface area contributed by atoms with Gasteiger partial charge in [0.1, 0.15) is 0 Å². The molecule has 0 radical (unpaired) electrons. The number of rotatable bonds is 7. The molecule has 6 nitrogen and oxygen atoms in total. The van der Waals surface area contributed by atoms with Gasteiger partial charge in [-0.2, -0.15) is 26.3 Å². The molecule has 0 spiro atoms. The van der Waals surface area contributed by atoms with E-state index >= 15 is 0 Å². The molecule has 2 aromatic rings. The van der Waals surface area contributed by atoms with Crippen LogP contribution in [0.2, 0.25) is 0 Å². The molecule has 2 aromatic carbocycles. The van der Waals surface area contributed by atoms with Crippen LogP contribution in [-0.4, -0.2) is 56.6 Å². The average Bonchev–Trinajstić information content (AvgIpc) is 2.82. The number of hydrogen-bond donors (Lipinski definition) is 2. The zero-order chi connectivity index (χ0) is 27.2. The summed E-state index contributed by atoms with van der Waals surface area (Å²) in [7, 11) is 1.56. The fourth-order valence-corrected chi connectivity index (χ4v) is 4.63. The van der Waals surface area contributed by atoms with Crippen LogP contribution in [0.4, 0.5) is 32.0 Å². The maximum absolute atomic E-state index is 14.1. The maximum atomic E-state index is 14.1. The van der Waals surface area contributed by atoms with Gasteiger partial charge in [-0.3, -0.25) is 9.59 Å². The minimum atomic E-state index is -5.36. The molecular weight excluding hydrogens is 524 g/mol. The number of amides is 2. The monoisotopic (exact) mass is 547 g/mol. The lowest BCUT2D eigenvalue weighted by Crippen LogP contribution is -2.39. The third-order valence-electron chi connectivity index (χ3n) is 5.18. The number of carbonyl (C=O) groups excluding carboxylic acids is 2. The Morgan fingerprint density at radius 2 is 1.70 bits per heavy atom. The van der Waals surface area contributed by atoms with Crippen molar-refractivity contribution in [3.05, 3.63) is 59.2 Å². The summed E-state index contributed by atoms with van der Waals surface area (Å²) in [6, 6.07) is 7.59. The minimum absolute atomic E-state index is 0.00639. The fourth-order valence-electron chi connectivity index (χ4n) is 3.59. The zero-order valence-corrected chi connectivity index (χ0v) is 20.3. The number of benzene rings is 2. The van der Waals surface area contributed by atoms with Crippen molar-refractivity contribution in [2.24, 2.45) is 0 Å². The third kappa shape index (κ3) is 7.73. The number of halogens is 6. The molecule has 37 heavy (non-hydrogen) atoms. The first-order chi connectivity index (χ1) is 17.4. The van der Waals surface area contributed by atoms with Gasteiger partial charge < -0.3 is 20.3 Å². The van der Waals surface area contributed by atoms with Crippen LogP contribution >= 0.6 is 11.8 Å². The van der Waals surface area contributed by atoms with E-state index in [1.807, 2.05) is 0 Å². The molecule has 13 heteroatoms. The highest BCUT2D eigenvalue weighted by Crippen LogP contribution is 2.48. The highest BCUT2D eigenvalue weighted by Gasteiger charge is 2.46. The summed E-state index contributed by atoms with van der Waals surface area (Å²) in [6.45, 7) is 0.976. The Morgan fingerprint density at radius 1 is 1.03 bits per heavy atom. The highest BCUT2D eigenvalue weighted by molar-refractivity contribution is 7.99. The molecule has 0 aromatic heterocycles. The molecule has 1 aliphatic heterocycles. The number of hydrogen-bond acceptors (Lipinski definition) is 5. The van der Waals surface area contributed by atoms with E-state index in [4.69, 9.17) is 4.74 Å². The number of ether oxygens (including phenoxy) is 1. The van der Waals surface area contributed by atoms with Gasteiger partial charge in [0.25, 0.3) is 0 Å². The Hall–Kier alpha value is -3.03. The van der Waals surface area contributed by atoms with Crippen molar-refractivity contribution >= 4 is 35.3 Å². The number of anilines is 1. The van der Waals surface area contributed by atoms with Gasteiger partial charge in [-0.15, -0.1) is 0 Å². The average molecular weight is 548 g/mol. The maximum Gasteiger partial charge on any atom is 0.418 e. The lowest BCUT2D eigenvalue weighted by Gasteiger charge is -2.25. The smallest absolute Gasteiger partial charge is 0.378 e. The minimum Gasteiger partial charge on any atom is -0.378 e. The second kappa shape index (κ2) is 12.0. The molecule has 0 unspecified atom stereocenters. The summed E-state index contributed by atoms with van der Waals surface area (Å²) in [4.78, 5) is 24.9. The van der Waals surface area contributed by atoms with Crippen LogP contribution in [0.5, 0.6) is 0 Å². The van der Waals surface area contributed by atoms with E-state index in [0.29, 0.717) is 11.8 Å². The number of morpholine rings is 1. The Balaban J connectivity index is 2.00. The number of nitrogens with one attached hydrogen (secondary N) is 2. The predicted molar refractivity (Wildman–Crippen MR) is 126 cm³/mol. The van der Waals surface area contributed by atoms with Crippen LogP contribution in [0.25, 0.3) is 6.08 Å². The summed E-state index contributed by atoms with van der Waals surface area (Å²) in [5.41, 5.74) is -4.24. The van der Waals surface area contributed by atoms with Crippen molar-refractivity contribution in [2.75, 3.05) is 45.2 Å². The summed E-state index contributed by atoms with van der Waals surface area (Å²) < 4.78 is 89.3. The first-order valence-corrected chi connectivity index (χ1v) is 11.8. The van der Waals surface area contributed by atoms with Gasteiger partial charge in [0.05, 0.1) is 30.9 Å². The van der Waals surface area contributed by atoms with Gasteiger partial charge in [0.15, 0.2) is 0 Å².